The summed E-state index contributed by atoms with van der Waals surface area (Å²) in [7, 11) is 1.48. The summed E-state index contributed by atoms with van der Waals surface area (Å²) in [5, 5.41) is 0.880. The van der Waals surface area contributed by atoms with Crippen molar-refractivity contribution in [3.8, 4) is 22.4 Å². The van der Waals surface area contributed by atoms with Crippen LogP contribution in [-0.2, 0) is 0 Å². The van der Waals surface area contributed by atoms with Gasteiger partial charge in [-0.2, -0.15) is 0 Å². The van der Waals surface area contributed by atoms with E-state index < -0.39 is 5.56 Å². The van der Waals surface area contributed by atoms with Gasteiger partial charge in [-0.3, -0.25) is 4.79 Å². The van der Waals surface area contributed by atoms with Crippen molar-refractivity contribution in [2.45, 2.75) is 0 Å². The summed E-state index contributed by atoms with van der Waals surface area (Å²) in [6.07, 6.45) is 1.47. The largest absolute Gasteiger partial charge is 0.493 e. The quantitative estimate of drug-likeness (QED) is 0.309. The Labute approximate surface area is 189 Å². The first-order valence-corrected chi connectivity index (χ1v) is 10.6. The number of halogens is 1. The van der Waals surface area contributed by atoms with E-state index in [-0.39, 0.29) is 15.9 Å². The van der Waals surface area contributed by atoms with Crippen molar-refractivity contribution in [2.24, 2.45) is 0 Å². The number of methoxy groups -OCH3 is 1. The van der Waals surface area contributed by atoms with Crippen LogP contribution in [0.2, 0.25) is 5.02 Å². The predicted octanol–water partition coefficient (Wildman–Crippen LogP) is 5.77. The molecular weight excluding hydrogens is 458 g/mol. The maximum Gasteiger partial charge on any atom is 0.290 e. The van der Waals surface area contributed by atoms with Crippen LogP contribution in [0.4, 0.5) is 0 Å². The molecule has 0 N–H and O–H groups in total. The van der Waals surface area contributed by atoms with Gasteiger partial charge < -0.3 is 13.9 Å². The molecule has 0 bridgehead atoms. The Morgan fingerprint density at radius 3 is 2.81 bits per heavy atom. The fourth-order valence-electron chi connectivity index (χ4n) is 3.04. The summed E-state index contributed by atoms with van der Waals surface area (Å²) >= 11 is 12.8. The first-order chi connectivity index (χ1) is 15.0. The van der Waals surface area contributed by atoms with Crippen LogP contribution in [0.25, 0.3) is 26.4 Å². The number of nitrogens with zero attached hydrogens (tertiary/aromatic N) is 3. The number of fused-ring (bicyclic) bond motifs is 2. The fraction of sp³-hybridized carbons (Fsp3) is 0.0476. The maximum absolute atomic E-state index is 13.1. The Hall–Kier alpha value is -3.27. The standard InChI is InChI=1S/C21H12ClN3O4S2/c1-27-15-8-9-23-17-18(15)29-21(30)25(19(17)26)20-24-13-7-6-11(10-16(13)31-20)28-14-5-3-2-4-12(14)22/h2-10H,1H3. The fourth-order valence-corrected chi connectivity index (χ4v) is 4.51. The van der Waals surface area contributed by atoms with Crippen molar-refractivity contribution >= 4 is 56.5 Å². The highest BCUT2D eigenvalue weighted by atomic mass is 35.5. The van der Waals surface area contributed by atoms with Crippen LogP contribution in [0.15, 0.2) is 63.9 Å². The number of pyridine rings is 1. The summed E-state index contributed by atoms with van der Waals surface area (Å²) in [6, 6.07) is 14.2. The molecule has 2 aromatic carbocycles. The number of ether oxygens (including phenoxy) is 2. The van der Waals surface area contributed by atoms with Crippen LogP contribution in [0.1, 0.15) is 0 Å². The van der Waals surface area contributed by atoms with Crippen molar-refractivity contribution < 1.29 is 13.9 Å². The zero-order chi connectivity index (χ0) is 21.5. The Bertz CT molecular complexity index is 1580. The summed E-state index contributed by atoms with van der Waals surface area (Å²) in [5.41, 5.74) is 0.561. The molecule has 0 aliphatic heterocycles. The zero-order valence-corrected chi connectivity index (χ0v) is 18.3. The number of thiazole rings is 1. The molecule has 0 saturated heterocycles. The molecule has 5 rings (SSSR count). The number of hydrogen-bond donors (Lipinski definition) is 0. The molecule has 0 spiro atoms. The van der Waals surface area contributed by atoms with Gasteiger partial charge in [0.15, 0.2) is 11.3 Å². The van der Waals surface area contributed by atoms with Crippen LogP contribution in [0.5, 0.6) is 17.2 Å². The van der Waals surface area contributed by atoms with E-state index in [9.17, 15) is 4.79 Å². The molecular formula is C21H12ClN3O4S2. The number of rotatable bonds is 4. The second-order valence-corrected chi connectivity index (χ2v) is 8.12. The molecule has 31 heavy (non-hydrogen) atoms. The van der Waals surface area contributed by atoms with E-state index >= 15 is 0 Å². The average Bonchev–Trinajstić information content (AvgIpc) is 3.18. The van der Waals surface area contributed by atoms with Crippen LogP contribution in [0, 0.1) is 4.84 Å². The molecule has 154 valence electrons. The van der Waals surface area contributed by atoms with Gasteiger partial charge in [-0.1, -0.05) is 35.1 Å². The molecule has 0 radical (unpaired) electrons. The third-order valence-corrected chi connectivity index (χ3v) is 6.05. The van der Waals surface area contributed by atoms with Crippen molar-refractivity contribution in [3.63, 3.8) is 0 Å². The van der Waals surface area contributed by atoms with Crippen molar-refractivity contribution in [1.29, 1.82) is 0 Å². The minimum Gasteiger partial charge on any atom is -0.493 e. The predicted molar refractivity (Wildman–Crippen MR) is 122 cm³/mol. The first kappa shape index (κ1) is 19.7. The van der Waals surface area contributed by atoms with Gasteiger partial charge in [0, 0.05) is 18.3 Å². The molecule has 0 aliphatic carbocycles. The summed E-state index contributed by atoms with van der Waals surface area (Å²) in [6.45, 7) is 0. The lowest BCUT2D eigenvalue weighted by Gasteiger charge is -2.06. The first-order valence-electron chi connectivity index (χ1n) is 8.97. The average molecular weight is 470 g/mol. The van der Waals surface area contributed by atoms with Gasteiger partial charge >= 0.3 is 0 Å². The van der Waals surface area contributed by atoms with Crippen LogP contribution >= 0.6 is 35.2 Å². The molecule has 3 aromatic heterocycles. The Morgan fingerprint density at radius 2 is 2.00 bits per heavy atom. The molecule has 0 aliphatic rings. The van der Waals surface area contributed by atoms with E-state index in [4.69, 9.17) is 37.7 Å². The minimum absolute atomic E-state index is 0.0459. The van der Waals surface area contributed by atoms with Gasteiger partial charge in [-0.25, -0.2) is 14.5 Å². The third kappa shape index (κ3) is 3.46. The molecule has 0 unspecified atom stereocenters. The van der Waals surface area contributed by atoms with Gasteiger partial charge in [-0.15, -0.1) is 0 Å². The third-order valence-electron chi connectivity index (χ3n) is 4.47. The van der Waals surface area contributed by atoms with Crippen LogP contribution in [0.3, 0.4) is 0 Å². The highest BCUT2D eigenvalue weighted by molar-refractivity contribution is 7.71. The lowest BCUT2D eigenvalue weighted by atomic mass is 10.3. The molecule has 7 nitrogen and oxygen atoms in total. The molecule has 10 heteroatoms. The lowest BCUT2D eigenvalue weighted by Crippen LogP contribution is -2.20. The second kappa shape index (κ2) is 7.77. The Balaban J connectivity index is 1.61. The molecule has 0 amide bonds. The van der Waals surface area contributed by atoms with Crippen molar-refractivity contribution in [1.82, 2.24) is 14.5 Å². The molecule has 5 aromatic rings. The minimum atomic E-state index is -0.434. The summed E-state index contributed by atoms with van der Waals surface area (Å²) in [4.78, 5) is 21.7. The van der Waals surface area contributed by atoms with Gasteiger partial charge in [0.2, 0.25) is 10.7 Å². The van der Waals surface area contributed by atoms with Crippen molar-refractivity contribution in [3.05, 3.63) is 74.9 Å². The van der Waals surface area contributed by atoms with Gasteiger partial charge in [0.05, 0.1) is 22.3 Å². The Kier molecular flexibility index (Phi) is 4.93. The topological polar surface area (TPSA) is 79.4 Å². The monoisotopic (exact) mass is 469 g/mol. The molecule has 0 fully saturated rings. The highest BCUT2D eigenvalue weighted by Gasteiger charge is 2.17. The van der Waals surface area contributed by atoms with E-state index in [1.807, 2.05) is 18.2 Å². The van der Waals surface area contributed by atoms with E-state index in [1.165, 1.54) is 29.2 Å². The van der Waals surface area contributed by atoms with Crippen molar-refractivity contribution in [2.75, 3.05) is 7.11 Å². The van der Waals surface area contributed by atoms with Gasteiger partial charge in [-0.05, 0) is 36.5 Å². The van der Waals surface area contributed by atoms with Crippen LogP contribution < -0.4 is 15.0 Å². The van der Waals surface area contributed by atoms with E-state index in [2.05, 4.69) is 9.97 Å². The smallest absolute Gasteiger partial charge is 0.290 e. The summed E-state index contributed by atoms with van der Waals surface area (Å²) < 4.78 is 18.8. The normalized spacial score (nSPS) is 11.2. The molecule has 0 atom stereocenters. The van der Waals surface area contributed by atoms with E-state index in [1.54, 1.807) is 30.3 Å². The number of aromatic nitrogens is 3. The number of benzene rings is 2. The lowest BCUT2D eigenvalue weighted by molar-refractivity contribution is 0.404. The van der Waals surface area contributed by atoms with E-state index in [0.29, 0.717) is 32.9 Å². The second-order valence-electron chi connectivity index (χ2n) is 6.36. The van der Waals surface area contributed by atoms with Gasteiger partial charge in [0.1, 0.15) is 11.5 Å². The Morgan fingerprint density at radius 1 is 1.16 bits per heavy atom. The maximum atomic E-state index is 13.1. The highest BCUT2D eigenvalue weighted by Crippen LogP contribution is 2.33. The SMILES string of the molecule is COc1ccnc2c(=O)n(-c3nc4ccc(Oc5ccccc5Cl)cc4s3)c(=S)oc12. The number of para-hydroxylation sites is 1. The zero-order valence-electron chi connectivity index (χ0n) is 15.9. The number of hydrogen-bond acceptors (Lipinski definition) is 8. The molecule has 0 saturated carbocycles. The molecule has 3 heterocycles. The summed E-state index contributed by atoms with van der Waals surface area (Å²) in [5.74, 6) is 1.52. The van der Waals surface area contributed by atoms with Gasteiger partial charge in [0.25, 0.3) is 10.4 Å². The van der Waals surface area contributed by atoms with Crippen LogP contribution in [-0.4, -0.2) is 21.6 Å². The van der Waals surface area contributed by atoms with E-state index in [0.717, 1.165) is 4.70 Å².